The molecular weight excluding hydrogens is 228 g/mol. The van der Waals surface area contributed by atoms with Gasteiger partial charge in [0.25, 0.3) is 0 Å². The van der Waals surface area contributed by atoms with E-state index in [1.54, 1.807) is 0 Å². The van der Waals surface area contributed by atoms with Crippen LogP contribution in [0.4, 0.5) is 0 Å². The zero-order valence-electron chi connectivity index (χ0n) is 11.4. The Balaban J connectivity index is 2.24. The fourth-order valence-corrected chi connectivity index (χ4v) is 3.89. The average molecular weight is 252 g/mol. The molecule has 2 rings (SSSR count). The van der Waals surface area contributed by atoms with E-state index < -0.39 is 0 Å². The number of thiophene rings is 1. The lowest BCUT2D eigenvalue weighted by atomic mass is 10.0. The molecule has 0 bridgehead atoms. The minimum Gasteiger partial charge on any atom is -0.326 e. The molecule has 0 saturated carbocycles. The highest BCUT2D eigenvalue weighted by Gasteiger charge is 2.34. The van der Waals surface area contributed by atoms with Gasteiger partial charge in [-0.2, -0.15) is 0 Å². The lowest BCUT2D eigenvalue weighted by molar-refractivity contribution is 0.221. The van der Waals surface area contributed by atoms with Crippen molar-refractivity contribution in [3.8, 4) is 0 Å². The Kier molecular flexibility index (Phi) is 3.91. The SMILES string of the molecule is Cc1cc(C2C(N)CCN2CC(C)C)c(C)s1. The Bertz CT molecular complexity index is 384. The van der Waals surface area contributed by atoms with E-state index >= 15 is 0 Å². The average Bonchev–Trinajstić information content (AvgIpc) is 2.70. The van der Waals surface area contributed by atoms with Crippen LogP contribution in [-0.2, 0) is 0 Å². The number of rotatable bonds is 3. The zero-order valence-corrected chi connectivity index (χ0v) is 12.2. The van der Waals surface area contributed by atoms with Crippen molar-refractivity contribution in [3.63, 3.8) is 0 Å². The summed E-state index contributed by atoms with van der Waals surface area (Å²) >= 11 is 1.90. The molecule has 1 aliphatic rings. The molecule has 2 unspecified atom stereocenters. The third-order valence-corrected chi connectivity index (χ3v) is 4.53. The molecule has 0 amide bonds. The van der Waals surface area contributed by atoms with Crippen LogP contribution >= 0.6 is 11.3 Å². The molecule has 1 aromatic rings. The van der Waals surface area contributed by atoms with Crippen LogP contribution < -0.4 is 5.73 Å². The minimum absolute atomic E-state index is 0.307. The third-order valence-electron chi connectivity index (χ3n) is 3.55. The summed E-state index contributed by atoms with van der Waals surface area (Å²) in [5.41, 5.74) is 7.79. The van der Waals surface area contributed by atoms with Crippen LogP contribution in [0.25, 0.3) is 0 Å². The Hall–Kier alpha value is -0.380. The number of likely N-dealkylation sites (tertiary alicyclic amines) is 1. The van der Waals surface area contributed by atoms with Gasteiger partial charge in [-0.1, -0.05) is 13.8 Å². The molecule has 1 fully saturated rings. The van der Waals surface area contributed by atoms with E-state index in [0.29, 0.717) is 18.0 Å². The summed E-state index contributed by atoms with van der Waals surface area (Å²) in [5, 5.41) is 0. The van der Waals surface area contributed by atoms with Crippen molar-refractivity contribution >= 4 is 11.3 Å². The summed E-state index contributed by atoms with van der Waals surface area (Å²) in [6.45, 7) is 11.3. The Morgan fingerprint density at radius 2 is 2.18 bits per heavy atom. The highest BCUT2D eigenvalue weighted by molar-refractivity contribution is 7.12. The van der Waals surface area contributed by atoms with Gasteiger partial charge in [-0.15, -0.1) is 11.3 Å². The molecule has 0 aromatic carbocycles. The predicted octanol–water partition coefficient (Wildman–Crippen LogP) is 3.10. The van der Waals surface area contributed by atoms with Gasteiger partial charge in [-0.05, 0) is 37.8 Å². The molecule has 0 spiro atoms. The maximum atomic E-state index is 6.32. The second-order valence-electron chi connectivity index (χ2n) is 5.65. The number of aryl methyl sites for hydroxylation is 2. The predicted molar refractivity (Wildman–Crippen MR) is 75.5 cm³/mol. The van der Waals surface area contributed by atoms with E-state index in [0.717, 1.165) is 19.5 Å². The Morgan fingerprint density at radius 1 is 1.47 bits per heavy atom. The molecular formula is C14H24N2S. The Morgan fingerprint density at radius 3 is 2.71 bits per heavy atom. The van der Waals surface area contributed by atoms with Crippen molar-refractivity contribution in [1.29, 1.82) is 0 Å². The van der Waals surface area contributed by atoms with Crippen LogP contribution in [0.2, 0.25) is 0 Å². The van der Waals surface area contributed by atoms with E-state index in [2.05, 4.69) is 38.7 Å². The number of hydrogen-bond acceptors (Lipinski definition) is 3. The quantitative estimate of drug-likeness (QED) is 0.895. The summed E-state index contributed by atoms with van der Waals surface area (Å²) in [4.78, 5) is 5.42. The largest absolute Gasteiger partial charge is 0.326 e. The maximum absolute atomic E-state index is 6.32. The van der Waals surface area contributed by atoms with Crippen LogP contribution in [0.5, 0.6) is 0 Å². The summed E-state index contributed by atoms with van der Waals surface area (Å²) in [6.07, 6.45) is 1.13. The molecule has 1 saturated heterocycles. The van der Waals surface area contributed by atoms with Crippen LogP contribution in [0.3, 0.4) is 0 Å². The number of nitrogens with zero attached hydrogens (tertiary/aromatic N) is 1. The summed E-state index contributed by atoms with van der Waals surface area (Å²) in [5.74, 6) is 0.711. The molecule has 17 heavy (non-hydrogen) atoms. The standard InChI is InChI=1S/C14H24N2S/c1-9(2)8-16-6-5-13(15)14(16)12-7-10(3)17-11(12)4/h7,9,13-14H,5-6,8,15H2,1-4H3. The lowest BCUT2D eigenvalue weighted by Crippen LogP contribution is -2.34. The van der Waals surface area contributed by atoms with Crippen molar-refractivity contribution in [2.75, 3.05) is 13.1 Å². The van der Waals surface area contributed by atoms with Crippen LogP contribution in [-0.4, -0.2) is 24.0 Å². The van der Waals surface area contributed by atoms with E-state index in [4.69, 9.17) is 5.73 Å². The molecule has 3 heteroatoms. The summed E-state index contributed by atoms with van der Waals surface area (Å²) in [7, 11) is 0. The summed E-state index contributed by atoms with van der Waals surface area (Å²) < 4.78 is 0. The molecule has 1 aliphatic heterocycles. The second kappa shape index (κ2) is 5.09. The summed E-state index contributed by atoms with van der Waals surface area (Å²) in [6, 6.07) is 3.09. The van der Waals surface area contributed by atoms with E-state index in [-0.39, 0.29) is 0 Å². The van der Waals surface area contributed by atoms with Crippen molar-refractivity contribution in [2.45, 2.75) is 46.2 Å². The molecule has 2 N–H and O–H groups in total. The first-order valence-electron chi connectivity index (χ1n) is 6.55. The highest BCUT2D eigenvalue weighted by Crippen LogP contribution is 2.36. The topological polar surface area (TPSA) is 29.3 Å². The molecule has 96 valence electrons. The van der Waals surface area contributed by atoms with Gasteiger partial charge in [0.1, 0.15) is 0 Å². The lowest BCUT2D eigenvalue weighted by Gasteiger charge is -2.28. The fraction of sp³-hybridized carbons (Fsp3) is 0.714. The van der Waals surface area contributed by atoms with Crippen molar-refractivity contribution < 1.29 is 0 Å². The first-order valence-corrected chi connectivity index (χ1v) is 7.37. The van der Waals surface area contributed by atoms with Crippen LogP contribution in [0.1, 0.15) is 41.6 Å². The van der Waals surface area contributed by atoms with E-state index in [1.807, 2.05) is 11.3 Å². The van der Waals surface area contributed by atoms with E-state index in [9.17, 15) is 0 Å². The van der Waals surface area contributed by atoms with Gasteiger partial charge in [0.05, 0.1) is 6.04 Å². The molecule has 2 atom stereocenters. The van der Waals surface area contributed by atoms with Crippen LogP contribution in [0, 0.1) is 19.8 Å². The number of hydrogen-bond donors (Lipinski definition) is 1. The fourth-order valence-electron chi connectivity index (χ4n) is 2.93. The van der Waals surface area contributed by atoms with E-state index in [1.165, 1.54) is 15.3 Å². The van der Waals surface area contributed by atoms with Gasteiger partial charge < -0.3 is 5.73 Å². The number of nitrogens with two attached hydrogens (primary N) is 1. The van der Waals surface area contributed by atoms with Gasteiger partial charge in [0, 0.05) is 28.9 Å². The highest BCUT2D eigenvalue weighted by atomic mass is 32.1. The Labute approximate surface area is 109 Å². The van der Waals surface area contributed by atoms with Crippen molar-refractivity contribution in [3.05, 3.63) is 21.4 Å². The van der Waals surface area contributed by atoms with Crippen molar-refractivity contribution in [1.82, 2.24) is 4.90 Å². The maximum Gasteiger partial charge on any atom is 0.0510 e. The minimum atomic E-state index is 0.307. The van der Waals surface area contributed by atoms with Gasteiger partial charge >= 0.3 is 0 Å². The smallest absolute Gasteiger partial charge is 0.0510 e. The first-order chi connectivity index (χ1) is 7.99. The molecule has 1 aromatic heterocycles. The van der Waals surface area contributed by atoms with Gasteiger partial charge in [0.15, 0.2) is 0 Å². The normalized spacial score (nSPS) is 26.0. The molecule has 0 radical (unpaired) electrons. The molecule has 2 nitrogen and oxygen atoms in total. The monoisotopic (exact) mass is 252 g/mol. The first kappa shape index (κ1) is 13.1. The van der Waals surface area contributed by atoms with Gasteiger partial charge in [0.2, 0.25) is 0 Å². The second-order valence-corrected chi connectivity index (χ2v) is 7.12. The van der Waals surface area contributed by atoms with Gasteiger partial charge in [-0.3, -0.25) is 4.90 Å². The molecule has 0 aliphatic carbocycles. The zero-order chi connectivity index (χ0) is 12.6. The van der Waals surface area contributed by atoms with Crippen molar-refractivity contribution in [2.24, 2.45) is 11.7 Å². The third kappa shape index (κ3) is 2.72. The molecule has 2 heterocycles. The van der Waals surface area contributed by atoms with Gasteiger partial charge in [-0.25, -0.2) is 0 Å². The van der Waals surface area contributed by atoms with Crippen LogP contribution in [0.15, 0.2) is 6.07 Å².